The molecule has 0 saturated carbocycles. The van der Waals surface area contributed by atoms with Gasteiger partial charge in [-0.05, 0) is 57.0 Å². The van der Waals surface area contributed by atoms with Crippen LogP contribution in [0.4, 0.5) is 15.5 Å². The van der Waals surface area contributed by atoms with E-state index in [4.69, 9.17) is 4.74 Å². The van der Waals surface area contributed by atoms with Crippen molar-refractivity contribution < 1.29 is 28.3 Å². The summed E-state index contributed by atoms with van der Waals surface area (Å²) in [7, 11) is -3.39. The molecule has 8 nitrogen and oxygen atoms in total. The van der Waals surface area contributed by atoms with Crippen LogP contribution in [0.5, 0.6) is 0 Å². The molecule has 3 fully saturated rings. The largest absolute Gasteiger partial charge is 0.394 e. The number of aliphatic hydroxyl groups is 1. The minimum absolute atomic E-state index is 0.0273. The molecule has 0 radical (unpaired) electrons. The highest BCUT2D eigenvalue weighted by molar-refractivity contribution is 6.72. The predicted molar refractivity (Wildman–Crippen MR) is 145 cm³/mol. The number of carbonyl (C=O) groups excluding carboxylic acids is 3. The van der Waals surface area contributed by atoms with Crippen molar-refractivity contribution in [3.8, 4) is 0 Å². The molecule has 4 aliphatic heterocycles. The fourth-order valence-electron chi connectivity index (χ4n) is 7.30. The molecular formula is C28H40FN3O5Si. The number of nitrogens with zero attached hydrogens (tertiary/aromatic N) is 2. The Bertz CT molecular complexity index is 1110. The van der Waals surface area contributed by atoms with Gasteiger partial charge < -0.3 is 29.1 Å². The molecule has 10 heteroatoms. The van der Waals surface area contributed by atoms with Crippen molar-refractivity contribution in [2.24, 2.45) is 5.92 Å². The van der Waals surface area contributed by atoms with E-state index in [0.29, 0.717) is 30.8 Å². The molecule has 5 atom stereocenters. The number of aliphatic hydroxyl groups excluding tert-OH is 1. The minimum atomic E-state index is -3.39. The van der Waals surface area contributed by atoms with Crippen LogP contribution in [0, 0.1) is 5.92 Å². The standard InChI is InChI=1S/C28H40FN3O5Si/c1-18-26(38(2,3)29)23(16-25(35)32-14-8-9-20(32)17-33)37-28(18)21-15-19(11-12-22(21)30-27(28)36)31-13-7-5-4-6-10-24(31)34/h11-12,15,18,20,23,26,33H,4-10,13-14,16-17H2,1-3H3,(H,30,36)/t18-,20+,23+,26-,28+/m1/s1. The average Bonchev–Trinajstić information content (AvgIpc) is 3.52. The van der Waals surface area contributed by atoms with E-state index < -0.39 is 31.6 Å². The summed E-state index contributed by atoms with van der Waals surface area (Å²) in [6.07, 6.45) is 5.18. The summed E-state index contributed by atoms with van der Waals surface area (Å²) in [5, 5.41) is 12.6. The maximum absolute atomic E-state index is 15.9. The molecular weight excluding hydrogens is 505 g/mol. The Morgan fingerprint density at radius 3 is 2.68 bits per heavy atom. The Labute approximate surface area is 225 Å². The number of likely N-dealkylation sites (tertiary alicyclic amines) is 1. The van der Waals surface area contributed by atoms with Crippen LogP contribution in [-0.2, 0) is 24.7 Å². The lowest BCUT2D eigenvalue weighted by molar-refractivity contribution is -0.148. The van der Waals surface area contributed by atoms with Gasteiger partial charge in [-0.2, -0.15) is 0 Å². The van der Waals surface area contributed by atoms with Crippen molar-refractivity contribution in [3.63, 3.8) is 0 Å². The van der Waals surface area contributed by atoms with Crippen molar-refractivity contribution in [1.29, 1.82) is 0 Å². The van der Waals surface area contributed by atoms with E-state index in [9.17, 15) is 19.5 Å². The number of nitrogens with one attached hydrogen (secondary N) is 1. The van der Waals surface area contributed by atoms with Crippen LogP contribution in [0.15, 0.2) is 18.2 Å². The highest BCUT2D eigenvalue weighted by atomic mass is 28.4. The van der Waals surface area contributed by atoms with Gasteiger partial charge in [0.2, 0.25) is 20.2 Å². The fraction of sp³-hybridized carbons (Fsp3) is 0.679. The summed E-state index contributed by atoms with van der Waals surface area (Å²) >= 11 is 0. The van der Waals surface area contributed by atoms with E-state index in [1.165, 1.54) is 0 Å². The normalized spacial score (nSPS) is 31.9. The highest BCUT2D eigenvalue weighted by Gasteiger charge is 2.65. The maximum atomic E-state index is 15.9. The van der Waals surface area contributed by atoms with Crippen molar-refractivity contribution in [1.82, 2.24) is 4.90 Å². The number of amides is 3. The second-order valence-corrected chi connectivity index (χ2v) is 15.7. The van der Waals surface area contributed by atoms with Gasteiger partial charge in [-0.25, -0.2) is 0 Å². The summed E-state index contributed by atoms with van der Waals surface area (Å²) in [5.74, 6) is -0.945. The molecule has 208 valence electrons. The van der Waals surface area contributed by atoms with Gasteiger partial charge in [-0.3, -0.25) is 14.4 Å². The summed E-state index contributed by atoms with van der Waals surface area (Å²) in [6.45, 7) is 6.17. The minimum Gasteiger partial charge on any atom is -0.394 e. The van der Waals surface area contributed by atoms with E-state index in [1.807, 2.05) is 19.1 Å². The van der Waals surface area contributed by atoms with E-state index in [-0.39, 0.29) is 36.8 Å². The summed E-state index contributed by atoms with van der Waals surface area (Å²) in [5.41, 5.74) is -0.0582. The molecule has 0 aliphatic carbocycles. The molecule has 1 aromatic carbocycles. The van der Waals surface area contributed by atoms with Crippen LogP contribution >= 0.6 is 0 Å². The van der Waals surface area contributed by atoms with Gasteiger partial charge in [0.25, 0.3) is 5.91 Å². The Balaban J connectivity index is 1.50. The molecule has 4 heterocycles. The zero-order chi connectivity index (χ0) is 27.2. The average molecular weight is 546 g/mol. The summed E-state index contributed by atoms with van der Waals surface area (Å²) < 4.78 is 22.5. The number of hydrogen-bond donors (Lipinski definition) is 2. The van der Waals surface area contributed by atoms with Crippen LogP contribution in [0.25, 0.3) is 0 Å². The first kappa shape index (κ1) is 27.3. The Hall–Kier alpha value is -2.30. The van der Waals surface area contributed by atoms with Crippen LogP contribution in [0.3, 0.4) is 0 Å². The summed E-state index contributed by atoms with van der Waals surface area (Å²) in [4.78, 5) is 43.4. The quantitative estimate of drug-likeness (QED) is 0.429. The third-order valence-corrected chi connectivity index (χ3v) is 11.6. The first-order chi connectivity index (χ1) is 18.1. The second-order valence-electron chi connectivity index (χ2n) is 11.9. The van der Waals surface area contributed by atoms with E-state index >= 15 is 4.11 Å². The smallest absolute Gasteiger partial charge is 0.261 e. The van der Waals surface area contributed by atoms with E-state index in [0.717, 1.165) is 44.2 Å². The number of halogens is 1. The molecule has 1 aromatic rings. The Morgan fingerprint density at radius 1 is 1.18 bits per heavy atom. The topological polar surface area (TPSA) is 99.2 Å². The first-order valence-electron chi connectivity index (χ1n) is 14.1. The van der Waals surface area contributed by atoms with Crippen molar-refractivity contribution >= 4 is 37.5 Å². The van der Waals surface area contributed by atoms with Gasteiger partial charge in [-0.1, -0.05) is 19.8 Å². The molecule has 1 spiro atoms. The highest BCUT2D eigenvalue weighted by Crippen LogP contribution is 2.59. The number of ether oxygens (including phenoxy) is 1. The number of rotatable bonds is 5. The lowest BCUT2D eigenvalue weighted by atomic mass is 9.82. The molecule has 3 amide bonds. The molecule has 5 rings (SSSR count). The second kappa shape index (κ2) is 10.4. The van der Waals surface area contributed by atoms with Crippen LogP contribution < -0.4 is 10.2 Å². The maximum Gasteiger partial charge on any atom is 0.261 e. The third-order valence-electron chi connectivity index (χ3n) is 9.12. The number of fused-ring (bicyclic) bond motifs is 2. The zero-order valence-electron chi connectivity index (χ0n) is 22.7. The van der Waals surface area contributed by atoms with Crippen LogP contribution in [0.2, 0.25) is 18.6 Å². The van der Waals surface area contributed by atoms with E-state index in [2.05, 4.69) is 5.32 Å². The predicted octanol–water partition coefficient (Wildman–Crippen LogP) is 4.08. The van der Waals surface area contributed by atoms with Gasteiger partial charge in [0, 0.05) is 47.9 Å². The van der Waals surface area contributed by atoms with Crippen molar-refractivity contribution in [3.05, 3.63) is 23.8 Å². The molecule has 0 bridgehead atoms. The van der Waals surface area contributed by atoms with Gasteiger partial charge in [0.1, 0.15) is 0 Å². The number of anilines is 2. The van der Waals surface area contributed by atoms with E-state index in [1.54, 1.807) is 29.0 Å². The fourth-order valence-corrected chi connectivity index (χ4v) is 9.79. The van der Waals surface area contributed by atoms with Crippen molar-refractivity contribution in [2.45, 2.75) is 94.7 Å². The Kier molecular flexibility index (Phi) is 7.43. The van der Waals surface area contributed by atoms with Crippen LogP contribution in [0.1, 0.15) is 63.9 Å². The lowest BCUT2D eigenvalue weighted by Crippen LogP contribution is -2.42. The summed E-state index contributed by atoms with van der Waals surface area (Å²) in [6, 6.07) is 5.30. The number of carbonyl (C=O) groups is 3. The first-order valence-corrected chi connectivity index (χ1v) is 17.1. The van der Waals surface area contributed by atoms with Gasteiger partial charge in [0.15, 0.2) is 5.60 Å². The molecule has 0 unspecified atom stereocenters. The molecule has 38 heavy (non-hydrogen) atoms. The van der Waals surface area contributed by atoms with Gasteiger partial charge >= 0.3 is 0 Å². The SMILES string of the molecule is C[C@@H]1[C@@H]([Si](C)(C)F)[C@H](CC(=O)N2CCC[C@H]2CO)O[C@@]12C(=O)Nc1ccc(N3CCCCCCC3=O)cc12. The van der Waals surface area contributed by atoms with Gasteiger partial charge in [0.05, 0.1) is 25.2 Å². The third kappa shape index (κ3) is 4.58. The Morgan fingerprint density at radius 2 is 1.95 bits per heavy atom. The lowest BCUT2D eigenvalue weighted by Gasteiger charge is -2.31. The molecule has 0 aromatic heterocycles. The number of benzene rings is 1. The molecule has 3 saturated heterocycles. The molecule has 2 N–H and O–H groups in total. The van der Waals surface area contributed by atoms with Crippen molar-refractivity contribution in [2.75, 3.05) is 29.9 Å². The van der Waals surface area contributed by atoms with Gasteiger partial charge in [-0.15, -0.1) is 0 Å². The monoisotopic (exact) mass is 545 g/mol. The van der Waals surface area contributed by atoms with Crippen LogP contribution in [-0.4, -0.2) is 68.0 Å². The zero-order valence-corrected chi connectivity index (χ0v) is 23.7. The number of hydrogen-bond acceptors (Lipinski definition) is 5. The molecule has 4 aliphatic rings.